The standard InChI is InChI=1S/C12H18N2O/c1-9-3-4-12(15-2)11(14-9)7-10-5-6-13-8-10/h3-4,10,13H,5-8H2,1-2H3. The van der Waals surface area contributed by atoms with E-state index in [0.717, 1.165) is 36.6 Å². The summed E-state index contributed by atoms with van der Waals surface area (Å²) in [6, 6.07) is 4.01. The molecule has 1 N–H and O–H groups in total. The Kier molecular flexibility index (Phi) is 3.21. The van der Waals surface area contributed by atoms with Crippen LogP contribution in [0.3, 0.4) is 0 Å². The maximum atomic E-state index is 5.33. The molecule has 3 heteroatoms. The highest BCUT2D eigenvalue weighted by molar-refractivity contribution is 5.29. The molecule has 1 fully saturated rings. The third kappa shape index (κ3) is 2.48. The summed E-state index contributed by atoms with van der Waals surface area (Å²) < 4.78 is 5.33. The Morgan fingerprint density at radius 1 is 1.53 bits per heavy atom. The molecule has 0 aromatic carbocycles. The van der Waals surface area contributed by atoms with Crippen LogP contribution in [0.25, 0.3) is 0 Å². The van der Waals surface area contributed by atoms with E-state index >= 15 is 0 Å². The smallest absolute Gasteiger partial charge is 0.140 e. The van der Waals surface area contributed by atoms with Gasteiger partial charge in [-0.25, -0.2) is 0 Å². The van der Waals surface area contributed by atoms with Crippen molar-refractivity contribution >= 4 is 0 Å². The molecule has 1 aliphatic heterocycles. The van der Waals surface area contributed by atoms with E-state index < -0.39 is 0 Å². The molecule has 0 saturated carbocycles. The molecule has 15 heavy (non-hydrogen) atoms. The molecule has 1 unspecified atom stereocenters. The van der Waals surface area contributed by atoms with Crippen molar-refractivity contribution in [2.24, 2.45) is 5.92 Å². The fourth-order valence-electron chi connectivity index (χ4n) is 2.09. The average molecular weight is 206 g/mol. The quantitative estimate of drug-likeness (QED) is 0.814. The second-order valence-corrected chi connectivity index (χ2v) is 4.16. The van der Waals surface area contributed by atoms with E-state index in [2.05, 4.69) is 10.3 Å². The van der Waals surface area contributed by atoms with Crippen molar-refractivity contribution < 1.29 is 4.74 Å². The van der Waals surface area contributed by atoms with Crippen molar-refractivity contribution in [3.63, 3.8) is 0 Å². The summed E-state index contributed by atoms with van der Waals surface area (Å²) >= 11 is 0. The zero-order chi connectivity index (χ0) is 10.7. The molecule has 2 heterocycles. The molecule has 0 spiro atoms. The highest BCUT2D eigenvalue weighted by Crippen LogP contribution is 2.22. The van der Waals surface area contributed by atoms with Gasteiger partial charge in [-0.3, -0.25) is 4.98 Å². The van der Waals surface area contributed by atoms with Gasteiger partial charge in [-0.05, 0) is 50.9 Å². The molecule has 0 aliphatic carbocycles. The van der Waals surface area contributed by atoms with Crippen LogP contribution in [0, 0.1) is 12.8 Å². The second kappa shape index (κ2) is 4.62. The van der Waals surface area contributed by atoms with Crippen LogP contribution in [-0.4, -0.2) is 25.2 Å². The van der Waals surface area contributed by atoms with E-state index in [4.69, 9.17) is 4.74 Å². The Labute approximate surface area is 90.9 Å². The van der Waals surface area contributed by atoms with Gasteiger partial charge < -0.3 is 10.1 Å². The summed E-state index contributed by atoms with van der Waals surface area (Å²) in [6.45, 7) is 4.27. The van der Waals surface area contributed by atoms with Gasteiger partial charge in [0.25, 0.3) is 0 Å². The summed E-state index contributed by atoms with van der Waals surface area (Å²) in [5, 5.41) is 3.38. The zero-order valence-electron chi connectivity index (χ0n) is 9.42. The van der Waals surface area contributed by atoms with E-state index in [-0.39, 0.29) is 0 Å². The highest BCUT2D eigenvalue weighted by atomic mass is 16.5. The SMILES string of the molecule is COc1ccc(C)nc1CC1CCNC1. The maximum absolute atomic E-state index is 5.33. The molecular formula is C12H18N2O. The number of pyridine rings is 1. The fraction of sp³-hybridized carbons (Fsp3) is 0.583. The number of hydrogen-bond acceptors (Lipinski definition) is 3. The molecule has 1 aromatic rings. The van der Waals surface area contributed by atoms with E-state index in [1.54, 1.807) is 7.11 Å². The lowest BCUT2D eigenvalue weighted by molar-refractivity contribution is 0.401. The van der Waals surface area contributed by atoms with Crippen molar-refractivity contribution in [2.75, 3.05) is 20.2 Å². The van der Waals surface area contributed by atoms with E-state index in [1.807, 2.05) is 19.1 Å². The van der Waals surface area contributed by atoms with Gasteiger partial charge in [-0.1, -0.05) is 0 Å². The van der Waals surface area contributed by atoms with E-state index in [9.17, 15) is 0 Å². The number of hydrogen-bond donors (Lipinski definition) is 1. The predicted molar refractivity (Wildman–Crippen MR) is 60.2 cm³/mol. The molecule has 0 bridgehead atoms. The van der Waals surface area contributed by atoms with Crippen LogP contribution in [0.1, 0.15) is 17.8 Å². The molecule has 3 nitrogen and oxygen atoms in total. The number of methoxy groups -OCH3 is 1. The Balaban J connectivity index is 2.14. The minimum Gasteiger partial charge on any atom is -0.495 e. The van der Waals surface area contributed by atoms with Crippen LogP contribution in [0.4, 0.5) is 0 Å². The Bertz CT molecular complexity index is 332. The van der Waals surface area contributed by atoms with Crippen LogP contribution in [0.5, 0.6) is 5.75 Å². The van der Waals surface area contributed by atoms with Crippen molar-refractivity contribution in [1.29, 1.82) is 0 Å². The second-order valence-electron chi connectivity index (χ2n) is 4.16. The summed E-state index contributed by atoms with van der Waals surface area (Å²) in [5.74, 6) is 1.64. The van der Waals surface area contributed by atoms with Crippen LogP contribution in [-0.2, 0) is 6.42 Å². The van der Waals surface area contributed by atoms with Gasteiger partial charge in [-0.15, -0.1) is 0 Å². The monoisotopic (exact) mass is 206 g/mol. The number of nitrogens with zero attached hydrogens (tertiary/aromatic N) is 1. The molecular weight excluding hydrogens is 188 g/mol. The molecule has 1 aromatic heterocycles. The first-order chi connectivity index (χ1) is 7.29. The molecule has 0 amide bonds. The van der Waals surface area contributed by atoms with Gasteiger partial charge in [0.2, 0.25) is 0 Å². The van der Waals surface area contributed by atoms with Gasteiger partial charge >= 0.3 is 0 Å². The van der Waals surface area contributed by atoms with Crippen molar-refractivity contribution in [3.8, 4) is 5.75 Å². The van der Waals surface area contributed by atoms with Gasteiger partial charge in [0.05, 0.1) is 12.8 Å². The fourth-order valence-corrected chi connectivity index (χ4v) is 2.09. The first kappa shape index (κ1) is 10.4. The first-order valence-corrected chi connectivity index (χ1v) is 5.51. The molecule has 1 aliphatic rings. The van der Waals surface area contributed by atoms with E-state index in [0.29, 0.717) is 5.92 Å². The normalized spacial score (nSPS) is 20.5. The lowest BCUT2D eigenvalue weighted by atomic mass is 10.0. The number of rotatable bonds is 3. The number of aryl methyl sites for hydroxylation is 1. The molecule has 0 radical (unpaired) electrons. The van der Waals surface area contributed by atoms with Crippen molar-refractivity contribution in [3.05, 3.63) is 23.5 Å². The average Bonchev–Trinajstić information content (AvgIpc) is 2.71. The third-order valence-corrected chi connectivity index (χ3v) is 2.94. The lowest BCUT2D eigenvalue weighted by Crippen LogP contribution is -2.12. The maximum Gasteiger partial charge on any atom is 0.140 e. The zero-order valence-corrected chi connectivity index (χ0v) is 9.42. The first-order valence-electron chi connectivity index (χ1n) is 5.51. The minimum atomic E-state index is 0.716. The van der Waals surface area contributed by atoms with E-state index in [1.165, 1.54) is 6.42 Å². The van der Waals surface area contributed by atoms with Crippen LogP contribution >= 0.6 is 0 Å². The van der Waals surface area contributed by atoms with Crippen LogP contribution in [0.15, 0.2) is 12.1 Å². The minimum absolute atomic E-state index is 0.716. The Morgan fingerprint density at radius 3 is 3.07 bits per heavy atom. The highest BCUT2D eigenvalue weighted by Gasteiger charge is 2.17. The molecule has 1 saturated heterocycles. The molecule has 82 valence electrons. The Hall–Kier alpha value is -1.09. The summed E-state index contributed by atoms with van der Waals surface area (Å²) in [7, 11) is 1.71. The number of nitrogens with one attached hydrogen (secondary N) is 1. The largest absolute Gasteiger partial charge is 0.495 e. The lowest BCUT2D eigenvalue weighted by Gasteiger charge is -2.11. The Morgan fingerprint density at radius 2 is 2.40 bits per heavy atom. The van der Waals surface area contributed by atoms with Gasteiger partial charge in [0.15, 0.2) is 0 Å². The number of aromatic nitrogens is 1. The number of ether oxygens (including phenoxy) is 1. The summed E-state index contributed by atoms with van der Waals surface area (Å²) in [6.07, 6.45) is 2.27. The topological polar surface area (TPSA) is 34.1 Å². The van der Waals surface area contributed by atoms with Crippen LogP contribution < -0.4 is 10.1 Å². The van der Waals surface area contributed by atoms with Crippen LogP contribution in [0.2, 0.25) is 0 Å². The van der Waals surface area contributed by atoms with Crippen molar-refractivity contribution in [1.82, 2.24) is 10.3 Å². The van der Waals surface area contributed by atoms with Gasteiger partial charge in [0.1, 0.15) is 5.75 Å². The molecule has 1 atom stereocenters. The third-order valence-electron chi connectivity index (χ3n) is 2.94. The van der Waals surface area contributed by atoms with Gasteiger partial charge in [0, 0.05) is 5.69 Å². The summed E-state index contributed by atoms with van der Waals surface area (Å²) in [5.41, 5.74) is 2.17. The summed E-state index contributed by atoms with van der Waals surface area (Å²) in [4.78, 5) is 4.55. The van der Waals surface area contributed by atoms with Crippen molar-refractivity contribution in [2.45, 2.75) is 19.8 Å². The molecule has 2 rings (SSSR count). The van der Waals surface area contributed by atoms with Gasteiger partial charge in [-0.2, -0.15) is 0 Å². The predicted octanol–water partition coefficient (Wildman–Crippen LogP) is 1.55.